The Balaban J connectivity index is 1.78. The molecule has 0 N–H and O–H groups in total. The summed E-state index contributed by atoms with van der Waals surface area (Å²) >= 11 is 0. The maximum atomic E-state index is 13.2. The molecule has 0 aliphatic carbocycles. The van der Waals surface area contributed by atoms with E-state index in [0.717, 1.165) is 61.3 Å². The van der Waals surface area contributed by atoms with E-state index in [1.165, 1.54) is 0 Å². The molecular weight excluding hydrogens is 472 g/mol. The summed E-state index contributed by atoms with van der Waals surface area (Å²) in [6.07, 6.45) is 4.27. The van der Waals surface area contributed by atoms with E-state index < -0.39 is 11.1 Å². The highest BCUT2D eigenvalue weighted by Crippen LogP contribution is 2.24. The molecule has 0 saturated carbocycles. The molecule has 0 aliphatic rings. The Hall–Kier alpha value is -2.70. The Bertz CT molecular complexity index is 955. The molecule has 2 aromatic rings. The highest BCUT2D eigenvalue weighted by Gasteiger charge is 2.33. The summed E-state index contributed by atoms with van der Waals surface area (Å²) in [5.74, 6) is 0.297. The van der Waals surface area contributed by atoms with Crippen molar-refractivity contribution in [3.05, 3.63) is 59.7 Å². The molecule has 0 aliphatic heterocycles. The largest absolute Gasteiger partial charge is 0.378 e. The Morgan fingerprint density at radius 2 is 0.816 bits per heavy atom. The van der Waals surface area contributed by atoms with Crippen LogP contribution in [0.4, 0.5) is 11.4 Å². The minimum atomic E-state index is -0.561. The van der Waals surface area contributed by atoms with Crippen molar-refractivity contribution in [3.63, 3.8) is 0 Å². The summed E-state index contributed by atoms with van der Waals surface area (Å²) < 4.78 is 0. The van der Waals surface area contributed by atoms with Crippen LogP contribution in [-0.2, 0) is 0 Å². The van der Waals surface area contributed by atoms with Gasteiger partial charge in [-0.05, 0) is 116 Å². The minimum absolute atomic E-state index is 0.148. The minimum Gasteiger partial charge on any atom is -0.378 e. The number of hydrogen-bond donors (Lipinski definition) is 0. The normalized spacial score (nSPS) is 12.2. The Morgan fingerprint density at radius 1 is 0.526 bits per heavy atom. The molecule has 0 heterocycles. The van der Waals surface area contributed by atoms with Gasteiger partial charge in [-0.25, -0.2) is 0 Å². The van der Waals surface area contributed by atoms with Crippen molar-refractivity contribution in [1.29, 1.82) is 0 Å². The molecule has 38 heavy (non-hydrogen) atoms. The van der Waals surface area contributed by atoms with E-state index in [2.05, 4.69) is 9.80 Å². The van der Waals surface area contributed by atoms with E-state index in [0.29, 0.717) is 0 Å². The van der Waals surface area contributed by atoms with Crippen molar-refractivity contribution in [1.82, 2.24) is 9.80 Å². The standard InChI is InChI=1S/C32H50N4O2/c1-31(2,29(37)25-15-19-27(20-16-25)33(5)6)35(9)23-13-11-12-14-24-36(10)32(3,4)30(38)26-17-21-28(22-18-26)34(7)8/h15-22H,11-14,23-24H2,1-10H3. The fourth-order valence-corrected chi connectivity index (χ4v) is 4.49. The van der Waals surface area contributed by atoms with Gasteiger partial charge in [0.1, 0.15) is 0 Å². The van der Waals surface area contributed by atoms with Crippen LogP contribution in [-0.4, -0.2) is 87.8 Å². The summed E-state index contributed by atoms with van der Waals surface area (Å²) in [5, 5.41) is 0. The first kappa shape index (κ1) is 31.5. The van der Waals surface area contributed by atoms with Crippen LogP contribution >= 0.6 is 0 Å². The van der Waals surface area contributed by atoms with Crippen molar-refractivity contribution >= 4 is 22.9 Å². The lowest BCUT2D eigenvalue weighted by Gasteiger charge is -2.35. The van der Waals surface area contributed by atoms with E-state index >= 15 is 0 Å². The van der Waals surface area contributed by atoms with Gasteiger partial charge in [-0.1, -0.05) is 12.8 Å². The molecule has 0 saturated heterocycles. The maximum absolute atomic E-state index is 13.2. The quantitative estimate of drug-likeness (QED) is 0.216. The smallest absolute Gasteiger partial charge is 0.182 e. The number of carbonyl (C=O) groups excluding carboxylic acids is 2. The average Bonchev–Trinajstić information content (AvgIpc) is 2.89. The van der Waals surface area contributed by atoms with Gasteiger partial charge < -0.3 is 9.80 Å². The molecule has 0 bridgehead atoms. The van der Waals surface area contributed by atoms with Crippen molar-refractivity contribution in [2.45, 2.75) is 64.5 Å². The summed E-state index contributed by atoms with van der Waals surface area (Å²) in [7, 11) is 12.1. The fourth-order valence-electron chi connectivity index (χ4n) is 4.49. The number of ketones is 2. The highest BCUT2D eigenvalue weighted by molar-refractivity contribution is 6.03. The van der Waals surface area contributed by atoms with Crippen LogP contribution in [0.1, 0.15) is 74.1 Å². The van der Waals surface area contributed by atoms with Crippen LogP contribution in [0.15, 0.2) is 48.5 Å². The molecule has 0 unspecified atom stereocenters. The second-order valence-corrected chi connectivity index (χ2v) is 11.9. The van der Waals surface area contributed by atoms with Gasteiger partial charge in [-0.3, -0.25) is 19.4 Å². The fraction of sp³-hybridized carbons (Fsp3) is 0.562. The summed E-state index contributed by atoms with van der Waals surface area (Å²) in [5.41, 5.74) is 2.56. The molecule has 0 atom stereocenters. The number of nitrogens with zero attached hydrogens (tertiary/aromatic N) is 4. The van der Waals surface area contributed by atoms with Gasteiger partial charge >= 0.3 is 0 Å². The van der Waals surface area contributed by atoms with Gasteiger partial charge in [0, 0.05) is 50.7 Å². The number of likely N-dealkylation sites (N-methyl/N-ethyl adjacent to an activating group) is 2. The molecule has 0 amide bonds. The molecule has 2 rings (SSSR count). The van der Waals surface area contributed by atoms with Gasteiger partial charge in [0.25, 0.3) is 0 Å². The SMILES string of the molecule is CN(C)c1ccc(C(=O)C(C)(C)N(C)CCCCCCN(C)C(C)(C)C(=O)c2ccc(N(C)C)cc2)cc1. The third-order valence-corrected chi connectivity index (χ3v) is 8.05. The van der Waals surface area contributed by atoms with Crippen LogP contribution < -0.4 is 9.80 Å². The molecule has 2 aromatic carbocycles. The Morgan fingerprint density at radius 3 is 1.08 bits per heavy atom. The van der Waals surface area contributed by atoms with E-state index in [-0.39, 0.29) is 11.6 Å². The summed E-state index contributed by atoms with van der Waals surface area (Å²) in [6.45, 7) is 9.79. The van der Waals surface area contributed by atoms with Crippen molar-refractivity contribution in [3.8, 4) is 0 Å². The number of carbonyl (C=O) groups is 2. The molecule has 0 fully saturated rings. The van der Waals surface area contributed by atoms with Crippen LogP contribution in [0.25, 0.3) is 0 Å². The number of unbranched alkanes of at least 4 members (excludes halogenated alkanes) is 3. The molecule has 0 spiro atoms. The summed E-state index contributed by atoms with van der Waals surface area (Å²) in [6, 6.07) is 15.7. The van der Waals surface area contributed by atoms with Crippen molar-refractivity contribution in [2.24, 2.45) is 0 Å². The molecular formula is C32H50N4O2. The highest BCUT2D eigenvalue weighted by atomic mass is 16.1. The van der Waals surface area contributed by atoms with Crippen LogP contribution in [0.3, 0.4) is 0 Å². The molecule has 0 aromatic heterocycles. The lowest BCUT2D eigenvalue weighted by Crippen LogP contribution is -2.48. The lowest BCUT2D eigenvalue weighted by atomic mass is 9.91. The van der Waals surface area contributed by atoms with E-state index in [1.54, 1.807) is 0 Å². The molecule has 0 radical (unpaired) electrons. The summed E-state index contributed by atoms with van der Waals surface area (Å²) in [4.78, 5) is 34.8. The average molecular weight is 523 g/mol. The van der Waals surface area contributed by atoms with Gasteiger partial charge in [0.05, 0.1) is 11.1 Å². The first-order valence-corrected chi connectivity index (χ1v) is 13.8. The molecule has 6 nitrogen and oxygen atoms in total. The zero-order valence-corrected chi connectivity index (χ0v) is 25.5. The second kappa shape index (κ2) is 13.4. The van der Waals surface area contributed by atoms with Crippen LogP contribution in [0, 0.1) is 0 Å². The van der Waals surface area contributed by atoms with Crippen molar-refractivity contribution < 1.29 is 9.59 Å². The van der Waals surface area contributed by atoms with Crippen LogP contribution in [0.2, 0.25) is 0 Å². The monoisotopic (exact) mass is 522 g/mol. The number of hydrogen-bond acceptors (Lipinski definition) is 6. The topological polar surface area (TPSA) is 47.1 Å². The first-order chi connectivity index (χ1) is 17.7. The Kier molecular flexibility index (Phi) is 11.1. The van der Waals surface area contributed by atoms with Crippen molar-refractivity contribution in [2.75, 3.05) is 65.2 Å². The number of benzene rings is 2. The third-order valence-electron chi connectivity index (χ3n) is 8.05. The molecule has 210 valence electrons. The Labute approximate surface area is 231 Å². The van der Waals surface area contributed by atoms with Gasteiger partial charge in [-0.2, -0.15) is 0 Å². The van der Waals surface area contributed by atoms with Gasteiger partial charge in [0.15, 0.2) is 11.6 Å². The third kappa shape index (κ3) is 7.90. The second-order valence-electron chi connectivity index (χ2n) is 11.9. The maximum Gasteiger partial charge on any atom is 0.182 e. The number of rotatable bonds is 15. The number of anilines is 2. The number of Topliss-reactive ketones (excluding diaryl/α,β-unsaturated/α-hetero) is 2. The predicted molar refractivity (Wildman–Crippen MR) is 162 cm³/mol. The zero-order valence-electron chi connectivity index (χ0n) is 25.5. The first-order valence-electron chi connectivity index (χ1n) is 13.8. The van der Waals surface area contributed by atoms with E-state index in [9.17, 15) is 9.59 Å². The van der Waals surface area contributed by atoms with E-state index in [4.69, 9.17) is 0 Å². The van der Waals surface area contributed by atoms with E-state index in [1.807, 2.05) is 128 Å². The zero-order chi connectivity index (χ0) is 28.7. The predicted octanol–water partition coefficient (Wildman–Crippen LogP) is 5.87. The van der Waals surface area contributed by atoms with Gasteiger partial charge in [0.2, 0.25) is 0 Å². The lowest BCUT2D eigenvalue weighted by molar-refractivity contribution is 0.0690. The molecule has 6 heteroatoms. The van der Waals surface area contributed by atoms with Crippen LogP contribution in [0.5, 0.6) is 0 Å². The van der Waals surface area contributed by atoms with Gasteiger partial charge in [-0.15, -0.1) is 0 Å².